The van der Waals surface area contributed by atoms with Gasteiger partial charge in [0.25, 0.3) is 22.2 Å². The van der Waals surface area contributed by atoms with Crippen LogP contribution in [0.1, 0.15) is 40.5 Å². The smallest absolute Gasteiger partial charge is 0.345 e. The largest absolute Gasteiger partial charge is 0.478 e. The number of carboxylic acid groups (broad SMARTS) is 2. The zero-order valence-electron chi connectivity index (χ0n) is 19.1. The minimum Gasteiger partial charge on any atom is -0.478 e. The molecule has 12 nitrogen and oxygen atoms in total. The molecule has 0 saturated carbocycles. The van der Waals surface area contributed by atoms with E-state index in [9.17, 15) is 39.0 Å². The van der Waals surface area contributed by atoms with Crippen molar-refractivity contribution in [3.63, 3.8) is 0 Å². The Morgan fingerprint density at radius 2 is 0.971 bits per heavy atom. The first-order chi connectivity index (χ1) is 15.7. The molecule has 0 bridgehead atoms. The molecule has 182 valence electrons. The maximum Gasteiger partial charge on any atom is 0.345 e. The molecule has 0 saturated heterocycles. The molecule has 0 fully saturated rings. The van der Waals surface area contributed by atoms with Gasteiger partial charge in [-0.1, -0.05) is 27.7 Å². The van der Waals surface area contributed by atoms with E-state index in [2.05, 4.69) is 0 Å². The molecule has 6 N–H and O–H groups in total. The number of hydrogen-bond acceptors (Lipinski definition) is 8. The first-order valence-corrected chi connectivity index (χ1v) is 10.7. The van der Waals surface area contributed by atoms with Gasteiger partial charge in [0, 0.05) is 11.8 Å². The Morgan fingerprint density at radius 3 is 1.15 bits per heavy atom. The van der Waals surface area contributed by atoms with Gasteiger partial charge in [-0.2, -0.15) is 0 Å². The van der Waals surface area contributed by atoms with Gasteiger partial charge in [0.1, 0.15) is 0 Å². The number of carbonyl (C=O) groups is 2. The molecular weight excluding hydrogens is 448 g/mol. The van der Waals surface area contributed by atoms with Crippen molar-refractivity contribution in [3.05, 3.63) is 53.5 Å². The summed E-state index contributed by atoms with van der Waals surface area (Å²) in [6, 6.07) is 1.98. The topological polar surface area (TPSA) is 205 Å². The molecule has 0 radical (unpaired) electrons. The SMILES string of the molecule is CC[C@H](C)[C@@](N)(C(=O)O)n1c(=O)c2cc3c(=O)n([C@](N)(C(=O)O)[C@@H](C)CC)c(=O)c3cc2c1=O. The van der Waals surface area contributed by atoms with Crippen LogP contribution in [0.15, 0.2) is 31.3 Å². The quantitative estimate of drug-likeness (QED) is 0.326. The number of hydrogen-bond donors (Lipinski definition) is 4. The second kappa shape index (κ2) is 7.99. The van der Waals surface area contributed by atoms with Gasteiger partial charge in [-0.3, -0.25) is 30.6 Å². The Morgan fingerprint density at radius 1 is 0.735 bits per heavy atom. The molecule has 0 amide bonds. The van der Waals surface area contributed by atoms with Gasteiger partial charge in [0.2, 0.25) is 11.3 Å². The predicted molar refractivity (Wildman–Crippen MR) is 123 cm³/mol. The average Bonchev–Trinajstić information content (AvgIpc) is 3.19. The Bertz CT molecular complexity index is 1350. The number of carboxylic acids is 2. The van der Waals surface area contributed by atoms with Crippen molar-refractivity contribution in [1.82, 2.24) is 9.13 Å². The van der Waals surface area contributed by atoms with E-state index in [0.717, 1.165) is 12.1 Å². The Balaban J connectivity index is 2.49. The molecule has 0 unspecified atom stereocenters. The van der Waals surface area contributed by atoms with Crippen LogP contribution in [0.4, 0.5) is 0 Å². The van der Waals surface area contributed by atoms with Crippen molar-refractivity contribution < 1.29 is 19.8 Å². The fourth-order valence-corrected chi connectivity index (χ4v) is 4.32. The monoisotopic (exact) mass is 474 g/mol. The third kappa shape index (κ3) is 2.98. The van der Waals surface area contributed by atoms with E-state index in [1.165, 1.54) is 13.8 Å². The van der Waals surface area contributed by atoms with Crippen molar-refractivity contribution in [2.24, 2.45) is 23.3 Å². The number of aliphatic carboxylic acids is 2. The van der Waals surface area contributed by atoms with Gasteiger partial charge in [-0.15, -0.1) is 0 Å². The minimum atomic E-state index is -2.36. The first kappa shape index (κ1) is 25.0. The second-order valence-electron chi connectivity index (χ2n) is 8.71. The molecule has 0 aliphatic carbocycles. The molecule has 3 rings (SSSR count). The molecule has 0 spiro atoms. The first-order valence-electron chi connectivity index (χ1n) is 10.7. The van der Waals surface area contributed by atoms with Crippen molar-refractivity contribution in [3.8, 4) is 0 Å². The van der Waals surface area contributed by atoms with E-state index in [1.54, 1.807) is 13.8 Å². The van der Waals surface area contributed by atoms with E-state index in [-0.39, 0.29) is 34.4 Å². The highest BCUT2D eigenvalue weighted by Gasteiger charge is 2.46. The lowest BCUT2D eigenvalue weighted by Gasteiger charge is -2.30. The fourth-order valence-electron chi connectivity index (χ4n) is 4.32. The van der Waals surface area contributed by atoms with Crippen LogP contribution in [0, 0.1) is 11.8 Å². The van der Waals surface area contributed by atoms with Crippen LogP contribution in [0.2, 0.25) is 0 Å². The van der Waals surface area contributed by atoms with Crippen molar-refractivity contribution in [2.45, 2.75) is 51.9 Å². The maximum atomic E-state index is 13.1. The lowest BCUT2D eigenvalue weighted by atomic mass is 9.92. The zero-order chi connectivity index (χ0) is 25.9. The van der Waals surface area contributed by atoms with Crippen LogP contribution in [0.25, 0.3) is 21.5 Å². The van der Waals surface area contributed by atoms with E-state index < -0.39 is 57.3 Å². The third-order valence-corrected chi connectivity index (χ3v) is 7.04. The number of benzene rings is 1. The van der Waals surface area contributed by atoms with Gasteiger partial charge in [-0.05, 0) is 25.0 Å². The standard InChI is InChI=1S/C22H26N4O8/c1-5-9(3)21(23,19(31)32)25-15(27)11-7-13-14(8-12(11)16(25)28)18(30)26(17(13)29)22(24,20(33)34)10(4)6-2/h7-10H,5-6,23-24H2,1-4H3,(H,31,32)(H,33,34)/t9-,10-,21-,22-/m0/s1. The lowest BCUT2D eigenvalue weighted by Crippen LogP contribution is -2.61. The fraction of sp³-hybridized carbons (Fsp3) is 0.455. The highest BCUT2D eigenvalue weighted by molar-refractivity contribution is 5.98. The molecular formula is C22H26N4O8. The Kier molecular flexibility index (Phi) is 5.87. The number of rotatable bonds is 8. The molecule has 1 aromatic carbocycles. The molecule has 0 aliphatic rings. The molecule has 12 heteroatoms. The van der Waals surface area contributed by atoms with Crippen LogP contribution in [0.3, 0.4) is 0 Å². The molecule has 4 atom stereocenters. The molecule has 3 aromatic rings. The van der Waals surface area contributed by atoms with E-state index in [4.69, 9.17) is 11.5 Å². The Hall–Kier alpha value is -3.64. The summed E-state index contributed by atoms with van der Waals surface area (Å²) in [5.41, 5.74) is 3.25. The van der Waals surface area contributed by atoms with Gasteiger partial charge < -0.3 is 10.2 Å². The average molecular weight is 474 g/mol. The number of nitrogens with zero attached hydrogens (tertiary/aromatic N) is 2. The molecule has 2 aromatic heterocycles. The molecule has 0 aliphatic heterocycles. The van der Waals surface area contributed by atoms with Crippen LogP contribution in [-0.4, -0.2) is 31.3 Å². The van der Waals surface area contributed by atoms with Gasteiger partial charge in [0.05, 0.1) is 21.5 Å². The van der Waals surface area contributed by atoms with E-state index >= 15 is 0 Å². The number of aromatic nitrogens is 2. The zero-order valence-corrected chi connectivity index (χ0v) is 19.1. The highest BCUT2D eigenvalue weighted by atomic mass is 16.4. The van der Waals surface area contributed by atoms with Crippen LogP contribution in [-0.2, 0) is 20.9 Å². The second-order valence-corrected chi connectivity index (χ2v) is 8.71. The van der Waals surface area contributed by atoms with Crippen molar-refractivity contribution >= 4 is 33.5 Å². The normalized spacial score (nSPS) is 17.4. The summed E-state index contributed by atoms with van der Waals surface area (Å²) in [6.45, 7) is 6.24. The summed E-state index contributed by atoms with van der Waals surface area (Å²) in [7, 11) is 0. The Labute approximate surface area is 191 Å². The summed E-state index contributed by atoms with van der Waals surface area (Å²) >= 11 is 0. The number of fused-ring (bicyclic) bond motifs is 2. The summed E-state index contributed by atoms with van der Waals surface area (Å²) in [5.74, 6) is -4.82. The van der Waals surface area contributed by atoms with Gasteiger partial charge in [0.15, 0.2) is 0 Å². The third-order valence-electron chi connectivity index (χ3n) is 7.04. The lowest BCUT2D eigenvalue weighted by molar-refractivity contribution is -0.151. The van der Waals surface area contributed by atoms with Gasteiger partial charge >= 0.3 is 11.9 Å². The summed E-state index contributed by atoms with van der Waals surface area (Å²) in [5, 5.41) is 18.3. The van der Waals surface area contributed by atoms with Crippen molar-refractivity contribution in [2.75, 3.05) is 0 Å². The number of nitrogens with two attached hydrogens (primary N) is 2. The predicted octanol–water partition coefficient (Wildman–Crippen LogP) is -0.603. The molecule has 34 heavy (non-hydrogen) atoms. The summed E-state index contributed by atoms with van der Waals surface area (Å²) < 4.78 is 0.860. The van der Waals surface area contributed by atoms with Crippen LogP contribution < -0.4 is 33.7 Å². The summed E-state index contributed by atoms with van der Waals surface area (Å²) in [4.78, 5) is 76.6. The van der Waals surface area contributed by atoms with Crippen LogP contribution in [0.5, 0.6) is 0 Å². The van der Waals surface area contributed by atoms with E-state index in [0.29, 0.717) is 9.13 Å². The maximum absolute atomic E-state index is 13.1. The van der Waals surface area contributed by atoms with E-state index in [1.807, 2.05) is 0 Å². The highest BCUT2D eigenvalue weighted by Crippen LogP contribution is 2.26. The van der Waals surface area contributed by atoms with Crippen LogP contribution >= 0.6 is 0 Å². The minimum absolute atomic E-state index is 0.238. The van der Waals surface area contributed by atoms with Crippen molar-refractivity contribution in [1.29, 1.82) is 0 Å². The van der Waals surface area contributed by atoms with Gasteiger partial charge in [-0.25, -0.2) is 18.7 Å². The molecule has 2 heterocycles. The summed E-state index contributed by atoms with van der Waals surface area (Å²) in [6.07, 6.45) is 0.476.